The number of carbonyl (C=O) groups is 1. The van der Waals surface area contributed by atoms with E-state index in [0.717, 1.165) is 16.8 Å². The maximum absolute atomic E-state index is 12.6. The first-order chi connectivity index (χ1) is 12.2. The van der Waals surface area contributed by atoms with Crippen LogP contribution in [0.1, 0.15) is 28.9 Å². The van der Waals surface area contributed by atoms with Crippen molar-refractivity contribution in [2.45, 2.75) is 13.0 Å². The molecular formula is C18H16N6O. The van der Waals surface area contributed by atoms with Crippen LogP contribution in [-0.4, -0.2) is 30.6 Å². The van der Waals surface area contributed by atoms with E-state index < -0.39 is 0 Å². The van der Waals surface area contributed by atoms with Gasteiger partial charge in [-0.3, -0.25) is 4.79 Å². The second-order valence-electron chi connectivity index (χ2n) is 5.73. The number of para-hydroxylation sites is 1. The van der Waals surface area contributed by atoms with E-state index in [1.54, 1.807) is 23.4 Å². The van der Waals surface area contributed by atoms with Crippen molar-refractivity contribution in [1.82, 2.24) is 30.0 Å². The highest BCUT2D eigenvalue weighted by Gasteiger charge is 2.15. The summed E-state index contributed by atoms with van der Waals surface area (Å²) in [7, 11) is 0. The zero-order valence-corrected chi connectivity index (χ0v) is 13.5. The number of imidazole rings is 1. The fourth-order valence-corrected chi connectivity index (χ4v) is 2.76. The van der Waals surface area contributed by atoms with Crippen molar-refractivity contribution in [3.05, 3.63) is 72.6 Å². The molecule has 2 aromatic heterocycles. The average Bonchev–Trinajstić information content (AvgIpc) is 3.33. The number of nitrogens with zero attached hydrogens (tertiary/aromatic N) is 4. The molecule has 2 aromatic carbocycles. The van der Waals surface area contributed by atoms with E-state index >= 15 is 0 Å². The fraction of sp³-hybridized carbons (Fsp3) is 0.111. The summed E-state index contributed by atoms with van der Waals surface area (Å²) in [5.74, 6) is -0.148. The molecule has 1 atom stereocenters. The van der Waals surface area contributed by atoms with Crippen LogP contribution < -0.4 is 5.32 Å². The van der Waals surface area contributed by atoms with E-state index in [4.69, 9.17) is 0 Å². The molecule has 7 nitrogen and oxygen atoms in total. The summed E-state index contributed by atoms with van der Waals surface area (Å²) in [5, 5.41) is 7.12. The summed E-state index contributed by atoms with van der Waals surface area (Å²) in [5.41, 5.74) is 4.00. The predicted octanol–water partition coefficient (Wildman–Crippen LogP) is 2.63. The number of aromatic nitrogens is 5. The van der Waals surface area contributed by atoms with Crippen molar-refractivity contribution in [2.75, 3.05) is 0 Å². The maximum Gasteiger partial charge on any atom is 0.254 e. The normalized spacial score (nSPS) is 12.2. The Hall–Kier alpha value is -3.48. The van der Waals surface area contributed by atoms with E-state index in [-0.39, 0.29) is 11.9 Å². The molecule has 0 radical (unpaired) electrons. The molecule has 7 heteroatoms. The first-order valence-corrected chi connectivity index (χ1v) is 7.90. The largest absolute Gasteiger partial charge is 0.345 e. The van der Waals surface area contributed by atoms with Gasteiger partial charge in [0.25, 0.3) is 5.91 Å². The lowest BCUT2D eigenvalue weighted by atomic mass is 10.1. The van der Waals surface area contributed by atoms with Crippen molar-refractivity contribution >= 4 is 16.9 Å². The van der Waals surface area contributed by atoms with E-state index in [2.05, 4.69) is 25.4 Å². The van der Waals surface area contributed by atoms with Gasteiger partial charge in [0.15, 0.2) is 0 Å². The van der Waals surface area contributed by atoms with Gasteiger partial charge in [-0.1, -0.05) is 18.2 Å². The third-order valence-electron chi connectivity index (χ3n) is 4.12. The molecule has 4 aromatic rings. The minimum Gasteiger partial charge on any atom is -0.345 e. The standard InChI is InChI=1S/C18H16N6O/c1-12(13-5-7-14(8-6-13)24-11-19-9-22-24)23-18(25)15-3-2-4-16-17(15)21-10-20-16/h2-12H,1H3,(H,20,21)(H,23,25)/t12-/m0/s1. The molecule has 0 saturated carbocycles. The number of carbonyl (C=O) groups excluding carboxylic acids is 1. The molecule has 2 N–H and O–H groups in total. The van der Waals surface area contributed by atoms with Gasteiger partial charge >= 0.3 is 0 Å². The third-order valence-corrected chi connectivity index (χ3v) is 4.12. The molecule has 25 heavy (non-hydrogen) atoms. The minimum atomic E-state index is -0.148. The monoisotopic (exact) mass is 332 g/mol. The van der Waals surface area contributed by atoms with E-state index in [0.29, 0.717) is 11.1 Å². The van der Waals surface area contributed by atoms with Crippen LogP contribution in [-0.2, 0) is 0 Å². The lowest BCUT2D eigenvalue weighted by Crippen LogP contribution is -2.26. The highest BCUT2D eigenvalue weighted by Crippen LogP contribution is 2.18. The van der Waals surface area contributed by atoms with Crippen molar-refractivity contribution in [1.29, 1.82) is 0 Å². The molecule has 0 unspecified atom stereocenters. The van der Waals surface area contributed by atoms with Crippen LogP contribution in [0.4, 0.5) is 0 Å². The van der Waals surface area contributed by atoms with Gasteiger partial charge in [0, 0.05) is 0 Å². The van der Waals surface area contributed by atoms with Crippen molar-refractivity contribution in [3.63, 3.8) is 0 Å². The number of benzene rings is 2. The number of H-pyrrole nitrogens is 1. The van der Waals surface area contributed by atoms with Crippen LogP contribution >= 0.6 is 0 Å². The summed E-state index contributed by atoms with van der Waals surface area (Å²) in [6.45, 7) is 1.95. The molecule has 0 saturated heterocycles. The SMILES string of the molecule is C[C@H](NC(=O)c1cccc2[nH]cnc12)c1ccc(-n2cncn2)cc1. The molecular weight excluding hydrogens is 316 g/mol. The number of fused-ring (bicyclic) bond motifs is 1. The van der Waals surface area contributed by atoms with Crippen LogP contribution in [0.5, 0.6) is 0 Å². The fourth-order valence-electron chi connectivity index (χ4n) is 2.76. The van der Waals surface area contributed by atoms with Gasteiger partial charge in [0.05, 0.1) is 29.1 Å². The van der Waals surface area contributed by atoms with Crippen molar-refractivity contribution < 1.29 is 4.79 Å². The van der Waals surface area contributed by atoms with Crippen molar-refractivity contribution in [2.24, 2.45) is 0 Å². The Morgan fingerprint density at radius 1 is 1.20 bits per heavy atom. The predicted molar refractivity (Wildman–Crippen MR) is 93.3 cm³/mol. The van der Waals surface area contributed by atoms with Crippen LogP contribution in [0.15, 0.2) is 61.4 Å². The van der Waals surface area contributed by atoms with Crippen LogP contribution in [0.3, 0.4) is 0 Å². The van der Waals surface area contributed by atoms with Crippen LogP contribution in [0, 0.1) is 0 Å². The second-order valence-corrected chi connectivity index (χ2v) is 5.73. The smallest absolute Gasteiger partial charge is 0.254 e. The molecule has 0 aliphatic carbocycles. The van der Waals surface area contributed by atoms with E-state index in [9.17, 15) is 4.79 Å². The Morgan fingerprint density at radius 3 is 2.80 bits per heavy atom. The topological polar surface area (TPSA) is 88.5 Å². The quantitative estimate of drug-likeness (QED) is 0.601. The average molecular weight is 332 g/mol. The first kappa shape index (κ1) is 15.1. The third kappa shape index (κ3) is 2.87. The Kier molecular flexibility index (Phi) is 3.74. The lowest BCUT2D eigenvalue weighted by molar-refractivity contribution is 0.0941. The molecule has 0 aliphatic rings. The second kappa shape index (κ2) is 6.20. The van der Waals surface area contributed by atoms with Gasteiger partial charge in [-0.25, -0.2) is 14.6 Å². The zero-order chi connectivity index (χ0) is 17.2. The summed E-state index contributed by atoms with van der Waals surface area (Å²) < 4.78 is 1.69. The Morgan fingerprint density at radius 2 is 2.04 bits per heavy atom. The Labute approximate surface area is 143 Å². The minimum absolute atomic E-state index is 0.133. The molecule has 0 bridgehead atoms. The van der Waals surface area contributed by atoms with Gasteiger partial charge in [-0.2, -0.15) is 5.10 Å². The zero-order valence-electron chi connectivity index (χ0n) is 13.5. The molecule has 0 fully saturated rings. The molecule has 1 amide bonds. The number of amides is 1. The highest BCUT2D eigenvalue weighted by atomic mass is 16.1. The van der Waals surface area contributed by atoms with Crippen LogP contribution in [0.25, 0.3) is 16.7 Å². The summed E-state index contributed by atoms with van der Waals surface area (Å²) in [6, 6.07) is 13.2. The van der Waals surface area contributed by atoms with Gasteiger partial charge in [-0.15, -0.1) is 0 Å². The molecule has 0 aliphatic heterocycles. The van der Waals surface area contributed by atoms with Crippen LogP contribution in [0.2, 0.25) is 0 Å². The van der Waals surface area contributed by atoms with E-state index in [1.165, 1.54) is 6.33 Å². The molecule has 2 heterocycles. The van der Waals surface area contributed by atoms with Crippen molar-refractivity contribution in [3.8, 4) is 5.69 Å². The summed E-state index contributed by atoms with van der Waals surface area (Å²) in [6.07, 6.45) is 4.73. The number of rotatable bonds is 4. The molecule has 124 valence electrons. The number of hydrogen-bond acceptors (Lipinski definition) is 4. The molecule has 0 spiro atoms. The molecule has 4 rings (SSSR count). The highest BCUT2D eigenvalue weighted by molar-refractivity contribution is 6.04. The number of nitrogens with one attached hydrogen (secondary N) is 2. The Bertz CT molecular complexity index is 1000. The summed E-state index contributed by atoms with van der Waals surface area (Å²) in [4.78, 5) is 23.8. The first-order valence-electron chi connectivity index (χ1n) is 7.90. The lowest BCUT2D eigenvalue weighted by Gasteiger charge is -2.15. The van der Waals surface area contributed by atoms with E-state index in [1.807, 2.05) is 43.3 Å². The number of hydrogen-bond donors (Lipinski definition) is 2. The summed E-state index contributed by atoms with van der Waals surface area (Å²) >= 11 is 0. The van der Waals surface area contributed by atoms with Gasteiger partial charge in [0.2, 0.25) is 0 Å². The van der Waals surface area contributed by atoms with Gasteiger partial charge in [-0.05, 0) is 36.8 Å². The Balaban J connectivity index is 1.52. The maximum atomic E-state index is 12.6. The van der Waals surface area contributed by atoms with Gasteiger partial charge in [0.1, 0.15) is 18.2 Å². The van der Waals surface area contributed by atoms with Gasteiger partial charge < -0.3 is 10.3 Å². The number of aromatic amines is 1.